The quantitative estimate of drug-likeness (QED) is 0.606. The van der Waals surface area contributed by atoms with Crippen molar-refractivity contribution in [1.29, 1.82) is 0 Å². The summed E-state index contributed by atoms with van der Waals surface area (Å²) in [6, 6.07) is 16.2. The van der Waals surface area contributed by atoms with Gasteiger partial charge in [-0.05, 0) is 60.6 Å². The summed E-state index contributed by atoms with van der Waals surface area (Å²) in [4.78, 5) is 14.4. The van der Waals surface area contributed by atoms with E-state index >= 15 is 0 Å². The molecule has 148 valence electrons. The third-order valence-electron chi connectivity index (χ3n) is 4.83. The summed E-state index contributed by atoms with van der Waals surface area (Å²) in [5, 5.41) is 9.45. The van der Waals surface area contributed by atoms with Gasteiger partial charge in [0.05, 0.1) is 7.11 Å². The fourth-order valence-corrected chi connectivity index (χ4v) is 4.10. The molecule has 1 heterocycles. The molecule has 3 aromatic rings. The first-order valence-corrected chi connectivity index (χ1v) is 10.2. The highest BCUT2D eigenvalue weighted by Crippen LogP contribution is 2.27. The zero-order valence-electron chi connectivity index (χ0n) is 16.6. The van der Waals surface area contributed by atoms with Gasteiger partial charge >= 0.3 is 6.03 Å². The van der Waals surface area contributed by atoms with Crippen LogP contribution in [0.1, 0.15) is 11.1 Å². The normalized spacial score (nSPS) is 12.1. The molecule has 5 nitrogen and oxygen atoms in total. The van der Waals surface area contributed by atoms with Gasteiger partial charge in [0.2, 0.25) is 0 Å². The SMILES string of the molecule is COc1cccc(CNC(=O)NCC(Cc2csc3ccccc23)N(C)C)c1. The number of hydrogen-bond donors (Lipinski definition) is 2. The lowest BCUT2D eigenvalue weighted by Gasteiger charge is -2.24. The molecular formula is C22H27N3O2S. The van der Waals surface area contributed by atoms with Gasteiger partial charge in [0, 0.05) is 23.8 Å². The summed E-state index contributed by atoms with van der Waals surface area (Å²) >= 11 is 1.77. The minimum Gasteiger partial charge on any atom is -0.497 e. The largest absolute Gasteiger partial charge is 0.497 e. The van der Waals surface area contributed by atoms with Crippen LogP contribution in [0.25, 0.3) is 10.1 Å². The van der Waals surface area contributed by atoms with Crippen LogP contribution in [-0.2, 0) is 13.0 Å². The Hall–Kier alpha value is -2.57. The van der Waals surface area contributed by atoms with Gasteiger partial charge in [-0.3, -0.25) is 0 Å². The number of amides is 2. The van der Waals surface area contributed by atoms with E-state index in [0.29, 0.717) is 13.1 Å². The van der Waals surface area contributed by atoms with Crippen LogP contribution < -0.4 is 15.4 Å². The molecule has 2 aromatic carbocycles. The van der Waals surface area contributed by atoms with Gasteiger partial charge in [0.15, 0.2) is 0 Å². The molecule has 2 N–H and O–H groups in total. The van der Waals surface area contributed by atoms with E-state index in [0.717, 1.165) is 17.7 Å². The molecule has 0 aliphatic carbocycles. The first-order valence-electron chi connectivity index (χ1n) is 9.33. The Morgan fingerprint density at radius 1 is 1.14 bits per heavy atom. The zero-order chi connectivity index (χ0) is 19.9. The maximum absolute atomic E-state index is 12.2. The van der Waals surface area contributed by atoms with E-state index in [1.165, 1.54) is 15.6 Å². The van der Waals surface area contributed by atoms with Crippen molar-refractivity contribution in [2.75, 3.05) is 27.7 Å². The summed E-state index contributed by atoms with van der Waals surface area (Å²) in [7, 11) is 5.74. The summed E-state index contributed by atoms with van der Waals surface area (Å²) < 4.78 is 6.52. The molecule has 0 aliphatic rings. The molecule has 0 spiro atoms. The van der Waals surface area contributed by atoms with Gasteiger partial charge in [0.1, 0.15) is 5.75 Å². The molecule has 1 unspecified atom stereocenters. The molecule has 1 atom stereocenters. The number of ether oxygens (including phenoxy) is 1. The Kier molecular flexibility index (Phi) is 6.90. The lowest BCUT2D eigenvalue weighted by molar-refractivity contribution is 0.231. The Labute approximate surface area is 170 Å². The van der Waals surface area contributed by atoms with Crippen LogP contribution in [0.5, 0.6) is 5.75 Å². The van der Waals surface area contributed by atoms with Crippen LogP contribution in [0, 0.1) is 0 Å². The lowest BCUT2D eigenvalue weighted by atomic mass is 10.0. The number of carbonyl (C=O) groups is 1. The molecule has 3 rings (SSSR count). The van der Waals surface area contributed by atoms with Crippen molar-refractivity contribution < 1.29 is 9.53 Å². The maximum Gasteiger partial charge on any atom is 0.315 e. The molecule has 0 fully saturated rings. The monoisotopic (exact) mass is 397 g/mol. The van der Waals surface area contributed by atoms with E-state index in [2.05, 4.69) is 59.3 Å². The first kappa shape index (κ1) is 20.2. The van der Waals surface area contributed by atoms with Crippen molar-refractivity contribution in [3.8, 4) is 5.75 Å². The van der Waals surface area contributed by atoms with Gasteiger partial charge in [-0.2, -0.15) is 0 Å². The highest BCUT2D eigenvalue weighted by molar-refractivity contribution is 7.17. The molecule has 1 aromatic heterocycles. The van der Waals surface area contributed by atoms with E-state index in [-0.39, 0.29) is 12.1 Å². The van der Waals surface area contributed by atoms with Gasteiger partial charge in [-0.25, -0.2) is 4.79 Å². The van der Waals surface area contributed by atoms with Gasteiger partial charge in [0.25, 0.3) is 0 Å². The van der Waals surface area contributed by atoms with Crippen molar-refractivity contribution in [2.24, 2.45) is 0 Å². The summed E-state index contributed by atoms with van der Waals surface area (Å²) in [6.45, 7) is 1.05. The van der Waals surface area contributed by atoms with Crippen molar-refractivity contribution >= 4 is 27.5 Å². The number of methoxy groups -OCH3 is 1. The molecule has 0 aliphatic heterocycles. The molecule has 0 radical (unpaired) electrons. The van der Waals surface area contributed by atoms with Gasteiger partial charge in [-0.15, -0.1) is 11.3 Å². The predicted octanol–water partition coefficient (Wildman–Crippen LogP) is 3.88. The lowest BCUT2D eigenvalue weighted by Crippen LogP contribution is -2.44. The summed E-state index contributed by atoms with van der Waals surface area (Å²) in [5.41, 5.74) is 2.33. The van der Waals surface area contributed by atoms with E-state index in [1.54, 1.807) is 18.4 Å². The minimum atomic E-state index is -0.162. The molecular weight excluding hydrogens is 370 g/mol. The number of nitrogens with one attached hydrogen (secondary N) is 2. The van der Waals surface area contributed by atoms with Crippen LogP contribution in [0.15, 0.2) is 53.9 Å². The van der Waals surface area contributed by atoms with Gasteiger partial charge in [-0.1, -0.05) is 30.3 Å². The predicted molar refractivity (Wildman–Crippen MR) is 116 cm³/mol. The molecule has 28 heavy (non-hydrogen) atoms. The van der Waals surface area contributed by atoms with E-state index in [1.807, 2.05) is 24.3 Å². The highest BCUT2D eigenvalue weighted by atomic mass is 32.1. The second-order valence-electron chi connectivity index (χ2n) is 6.99. The smallest absolute Gasteiger partial charge is 0.315 e. The fraction of sp³-hybridized carbons (Fsp3) is 0.318. The topological polar surface area (TPSA) is 53.6 Å². The Balaban J connectivity index is 1.53. The number of likely N-dealkylation sites (N-methyl/N-ethyl adjacent to an activating group) is 1. The average molecular weight is 398 g/mol. The molecule has 0 saturated heterocycles. The Morgan fingerprint density at radius 3 is 2.75 bits per heavy atom. The van der Waals surface area contributed by atoms with Crippen LogP contribution >= 0.6 is 11.3 Å². The highest BCUT2D eigenvalue weighted by Gasteiger charge is 2.16. The molecule has 6 heteroatoms. The van der Waals surface area contributed by atoms with Crippen LogP contribution in [0.2, 0.25) is 0 Å². The number of hydrogen-bond acceptors (Lipinski definition) is 4. The van der Waals surface area contributed by atoms with Crippen LogP contribution in [0.3, 0.4) is 0 Å². The van der Waals surface area contributed by atoms with Crippen LogP contribution in [0.4, 0.5) is 4.79 Å². The number of urea groups is 1. The van der Waals surface area contributed by atoms with Crippen molar-refractivity contribution in [3.63, 3.8) is 0 Å². The standard InChI is InChI=1S/C22H27N3O2S/c1-25(2)18(12-17-15-28-21-10-5-4-9-20(17)21)14-24-22(26)23-13-16-7-6-8-19(11-16)27-3/h4-11,15,18H,12-14H2,1-3H3,(H2,23,24,26). The third kappa shape index (κ3) is 5.24. The number of rotatable bonds is 8. The van der Waals surface area contributed by atoms with Crippen molar-refractivity contribution in [1.82, 2.24) is 15.5 Å². The van der Waals surface area contributed by atoms with Gasteiger partial charge < -0.3 is 20.3 Å². The Morgan fingerprint density at radius 2 is 1.96 bits per heavy atom. The first-order chi connectivity index (χ1) is 13.6. The van der Waals surface area contributed by atoms with Crippen molar-refractivity contribution in [2.45, 2.75) is 19.0 Å². The zero-order valence-corrected chi connectivity index (χ0v) is 17.4. The second-order valence-corrected chi connectivity index (χ2v) is 7.90. The molecule has 2 amide bonds. The maximum atomic E-state index is 12.2. The van der Waals surface area contributed by atoms with Crippen molar-refractivity contribution in [3.05, 3.63) is 65.0 Å². The number of fused-ring (bicyclic) bond motifs is 1. The number of benzene rings is 2. The fourth-order valence-electron chi connectivity index (χ4n) is 3.12. The molecule has 0 bridgehead atoms. The van der Waals surface area contributed by atoms with E-state index in [4.69, 9.17) is 4.74 Å². The van der Waals surface area contributed by atoms with E-state index in [9.17, 15) is 4.79 Å². The van der Waals surface area contributed by atoms with E-state index < -0.39 is 0 Å². The average Bonchev–Trinajstić information content (AvgIpc) is 3.12. The minimum absolute atomic E-state index is 0.162. The third-order valence-corrected chi connectivity index (χ3v) is 5.84. The Bertz CT molecular complexity index is 923. The van der Waals surface area contributed by atoms with Crippen LogP contribution in [-0.4, -0.2) is 44.7 Å². The summed E-state index contributed by atoms with van der Waals surface area (Å²) in [6.07, 6.45) is 0.896. The number of carbonyl (C=O) groups excluding carboxylic acids is 1. The number of thiophene rings is 1. The molecule has 0 saturated carbocycles. The number of nitrogens with zero attached hydrogens (tertiary/aromatic N) is 1. The summed E-state index contributed by atoms with van der Waals surface area (Å²) in [5.74, 6) is 0.787. The second kappa shape index (κ2) is 9.57.